The molecule has 0 radical (unpaired) electrons. The summed E-state index contributed by atoms with van der Waals surface area (Å²) in [5.41, 5.74) is 0.405. The Balaban J connectivity index is 0.00000312. The zero-order valence-electron chi connectivity index (χ0n) is 16.0. The molecule has 0 unspecified atom stereocenters. The van der Waals surface area contributed by atoms with Crippen LogP contribution in [0.5, 0.6) is 0 Å². The number of guanidine groups is 1. The molecule has 2 saturated carbocycles. The van der Waals surface area contributed by atoms with E-state index in [2.05, 4.69) is 29.8 Å². The minimum atomic E-state index is 0. The van der Waals surface area contributed by atoms with E-state index in [1.54, 1.807) is 0 Å². The van der Waals surface area contributed by atoms with Crippen LogP contribution in [-0.2, 0) is 4.79 Å². The topological polar surface area (TPSA) is 65.5 Å². The van der Waals surface area contributed by atoms with E-state index in [1.165, 1.54) is 44.9 Å². The fourth-order valence-corrected chi connectivity index (χ4v) is 4.00. The highest BCUT2D eigenvalue weighted by molar-refractivity contribution is 14.0. The Morgan fingerprint density at radius 2 is 1.76 bits per heavy atom. The lowest BCUT2D eigenvalue weighted by atomic mass is 9.84. The number of nitrogens with one attached hydrogen (secondary N) is 3. The standard InChI is InChI=1S/C19H36N4O.HI/c1-3-19(12-7-8-13-19)15-22-18(20-4-2)21-14-11-17(24)23-16-9-5-6-10-16;/h16H,3-15H2,1-2H3,(H,23,24)(H2,20,21,22);1H. The van der Waals surface area contributed by atoms with E-state index in [9.17, 15) is 4.79 Å². The summed E-state index contributed by atoms with van der Waals surface area (Å²) in [5, 5.41) is 9.76. The van der Waals surface area contributed by atoms with E-state index in [4.69, 9.17) is 4.99 Å². The first-order valence-corrected chi connectivity index (χ1v) is 9.99. The van der Waals surface area contributed by atoms with Crippen LogP contribution in [0.4, 0.5) is 0 Å². The maximum atomic E-state index is 12.0. The third kappa shape index (κ3) is 7.71. The molecule has 0 aromatic carbocycles. The molecule has 0 atom stereocenters. The molecule has 5 nitrogen and oxygen atoms in total. The van der Waals surface area contributed by atoms with E-state index < -0.39 is 0 Å². The molecule has 0 spiro atoms. The van der Waals surface area contributed by atoms with Gasteiger partial charge in [0.1, 0.15) is 0 Å². The Labute approximate surface area is 170 Å². The smallest absolute Gasteiger partial charge is 0.221 e. The summed E-state index contributed by atoms with van der Waals surface area (Å²) in [4.78, 5) is 16.8. The van der Waals surface area contributed by atoms with Gasteiger partial charge in [-0.2, -0.15) is 0 Å². The largest absolute Gasteiger partial charge is 0.357 e. The van der Waals surface area contributed by atoms with Gasteiger partial charge in [0.25, 0.3) is 0 Å². The predicted octanol–water partition coefficient (Wildman–Crippen LogP) is 3.58. The van der Waals surface area contributed by atoms with Crippen molar-refractivity contribution < 1.29 is 4.79 Å². The van der Waals surface area contributed by atoms with Crippen molar-refractivity contribution in [3.05, 3.63) is 0 Å². The lowest BCUT2D eigenvalue weighted by Gasteiger charge is -2.25. The second-order valence-corrected chi connectivity index (χ2v) is 7.48. The van der Waals surface area contributed by atoms with Crippen molar-refractivity contribution in [3.8, 4) is 0 Å². The maximum absolute atomic E-state index is 12.0. The number of carbonyl (C=O) groups is 1. The number of amides is 1. The normalized spacial score (nSPS) is 20.2. The van der Waals surface area contributed by atoms with E-state index >= 15 is 0 Å². The first-order valence-electron chi connectivity index (χ1n) is 9.99. The number of hydrogen-bond acceptors (Lipinski definition) is 2. The molecule has 25 heavy (non-hydrogen) atoms. The Morgan fingerprint density at radius 3 is 2.36 bits per heavy atom. The van der Waals surface area contributed by atoms with Gasteiger partial charge in [0.05, 0.1) is 0 Å². The zero-order chi connectivity index (χ0) is 17.3. The highest BCUT2D eigenvalue weighted by atomic mass is 127. The van der Waals surface area contributed by atoms with Gasteiger partial charge in [0.15, 0.2) is 5.96 Å². The lowest BCUT2D eigenvalue weighted by Crippen LogP contribution is -2.41. The summed E-state index contributed by atoms with van der Waals surface area (Å²) in [5.74, 6) is 1.01. The van der Waals surface area contributed by atoms with Crippen LogP contribution in [0.3, 0.4) is 0 Å². The van der Waals surface area contributed by atoms with Crippen LogP contribution in [0.2, 0.25) is 0 Å². The summed E-state index contributed by atoms with van der Waals surface area (Å²) in [6.07, 6.45) is 11.8. The van der Waals surface area contributed by atoms with E-state index in [1.807, 2.05) is 0 Å². The Bertz CT molecular complexity index is 416. The molecule has 0 heterocycles. The average molecular weight is 464 g/mol. The minimum Gasteiger partial charge on any atom is -0.357 e. The molecule has 2 fully saturated rings. The van der Waals surface area contributed by atoms with Crippen molar-refractivity contribution in [1.29, 1.82) is 0 Å². The van der Waals surface area contributed by atoms with Crippen molar-refractivity contribution in [2.45, 2.75) is 84.1 Å². The molecular formula is C19H37IN4O. The highest BCUT2D eigenvalue weighted by Gasteiger charge is 2.31. The van der Waals surface area contributed by atoms with Gasteiger partial charge in [-0.1, -0.05) is 32.6 Å². The predicted molar refractivity (Wildman–Crippen MR) is 116 cm³/mol. The number of halogens is 1. The summed E-state index contributed by atoms with van der Waals surface area (Å²) in [6.45, 7) is 6.75. The quantitative estimate of drug-likeness (QED) is 0.292. The van der Waals surface area contributed by atoms with Gasteiger partial charge in [0, 0.05) is 32.1 Å². The van der Waals surface area contributed by atoms with Gasteiger partial charge in [-0.05, 0) is 44.4 Å². The SMILES string of the molecule is CCNC(=NCC1(CC)CCCC1)NCCC(=O)NC1CCCC1.I. The van der Waals surface area contributed by atoms with Crippen molar-refractivity contribution in [2.75, 3.05) is 19.6 Å². The lowest BCUT2D eigenvalue weighted by molar-refractivity contribution is -0.121. The number of nitrogens with zero attached hydrogens (tertiary/aromatic N) is 1. The average Bonchev–Trinajstić information content (AvgIpc) is 3.25. The highest BCUT2D eigenvalue weighted by Crippen LogP contribution is 2.41. The minimum absolute atomic E-state index is 0. The fourth-order valence-electron chi connectivity index (χ4n) is 4.00. The van der Waals surface area contributed by atoms with Gasteiger partial charge in [-0.15, -0.1) is 24.0 Å². The number of rotatable bonds is 8. The molecule has 2 aliphatic rings. The van der Waals surface area contributed by atoms with Crippen molar-refractivity contribution >= 4 is 35.8 Å². The Kier molecular flexibility index (Phi) is 10.8. The number of aliphatic imine (C=N–C) groups is 1. The summed E-state index contributed by atoms with van der Waals surface area (Å²) < 4.78 is 0. The zero-order valence-corrected chi connectivity index (χ0v) is 18.4. The van der Waals surface area contributed by atoms with Crippen LogP contribution in [0, 0.1) is 5.41 Å². The fraction of sp³-hybridized carbons (Fsp3) is 0.895. The second-order valence-electron chi connectivity index (χ2n) is 7.48. The van der Waals surface area contributed by atoms with Gasteiger partial charge in [0.2, 0.25) is 5.91 Å². The molecule has 2 rings (SSSR count). The first kappa shape index (κ1) is 22.5. The van der Waals surface area contributed by atoms with Crippen LogP contribution in [-0.4, -0.2) is 37.5 Å². The molecule has 1 amide bonds. The molecular weight excluding hydrogens is 427 g/mol. The monoisotopic (exact) mass is 464 g/mol. The van der Waals surface area contributed by atoms with Crippen LogP contribution < -0.4 is 16.0 Å². The van der Waals surface area contributed by atoms with Gasteiger partial charge >= 0.3 is 0 Å². The molecule has 0 aliphatic heterocycles. The number of carbonyl (C=O) groups excluding carboxylic acids is 1. The van der Waals surface area contributed by atoms with Crippen LogP contribution >= 0.6 is 24.0 Å². The maximum Gasteiger partial charge on any atom is 0.221 e. The molecule has 146 valence electrons. The molecule has 3 N–H and O–H groups in total. The Hall–Kier alpha value is -0.530. The molecule has 0 aromatic rings. The van der Waals surface area contributed by atoms with Crippen molar-refractivity contribution in [2.24, 2.45) is 10.4 Å². The van der Waals surface area contributed by atoms with E-state index in [0.717, 1.165) is 31.9 Å². The Morgan fingerprint density at radius 1 is 1.08 bits per heavy atom. The van der Waals surface area contributed by atoms with Gasteiger partial charge in [-0.25, -0.2) is 0 Å². The van der Waals surface area contributed by atoms with E-state index in [-0.39, 0.29) is 29.9 Å². The summed E-state index contributed by atoms with van der Waals surface area (Å²) in [6, 6.07) is 0.409. The molecule has 0 bridgehead atoms. The van der Waals surface area contributed by atoms with Crippen LogP contribution in [0.25, 0.3) is 0 Å². The molecule has 0 saturated heterocycles. The van der Waals surface area contributed by atoms with Crippen molar-refractivity contribution in [1.82, 2.24) is 16.0 Å². The van der Waals surface area contributed by atoms with Crippen LogP contribution in [0.15, 0.2) is 4.99 Å². The van der Waals surface area contributed by atoms with Crippen LogP contribution in [0.1, 0.15) is 78.1 Å². The third-order valence-corrected chi connectivity index (χ3v) is 5.70. The molecule has 0 aromatic heterocycles. The third-order valence-electron chi connectivity index (χ3n) is 5.70. The van der Waals surface area contributed by atoms with Crippen molar-refractivity contribution in [3.63, 3.8) is 0 Å². The van der Waals surface area contributed by atoms with E-state index in [0.29, 0.717) is 24.4 Å². The van der Waals surface area contributed by atoms with Gasteiger partial charge < -0.3 is 16.0 Å². The molecule has 6 heteroatoms. The first-order chi connectivity index (χ1) is 11.7. The summed E-state index contributed by atoms with van der Waals surface area (Å²) in [7, 11) is 0. The summed E-state index contributed by atoms with van der Waals surface area (Å²) >= 11 is 0. The number of hydrogen-bond donors (Lipinski definition) is 3. The molecule has 2 aliphatic carbocycles. The second kappa shape index (κ2) is 12.0. The van der Waals surface area contributed by atoms with Gasteiger partial charge in [-0.3, -0.25) is 9.79 Å².